The summed E-state index contributed by atoms with van der Waals surface area (Å²) in [5, 5.41) is 3.56. The zero-order chi connectivity index (χ0) is 14.2. The average Bonchev–Trinajstić information content (AvgIpc) is 2.74. The third-order valence-corrected chi connectivity index (χ3v) is 4.78. The van der Waals surface area contributed by atoms with Crippen molar-refractivity contribution in [2.75, 3.05) is 7.05 Å². The van der Waals surface area contributed by atoms with E-state index in [1.165, 1.54) is 68.9 Å². The number of benzene rings is 1. The molecular weight excluding hydrogens is 242 g/mol. The standard InChI is InChI=1S/C19H31N/c1-3-9-16-12-8-13-18(14-16)19(20-2)15-17-10-6-4-5-7-11-17/h8,12-14,17,19-20H,3-7,9-11,15H2,1-2H3. The maximum atomic E-state index is 3.56. The summed E-state index contributed by atoms with van der Waals surface area (Å²) in [5.74, 6) is 0.921. The van der Waals surface area contributed by atoms with Gasteiger partial charge in [0.05, 0.1) is 0 Å². The Morgan fingerprint density at radius 1 is 1.15 bits per heavy atom. The lowest BCUT2D eigenvalue weighted by Crippen LogP contribution is -2.20. The minimum Gasteiger partial charge on any atom is -0.313 e. The number of hydrogen-bond acceptors (Lipinski definition) is 1. The van der Waals surface area contributed by atoms with Crippen molar-refractivity contribution in [3.05, 3.63) is 35.4 Å². The Labute approximate surface area is 125 Å². The van der Waals surface area contributed by atoms with E-state index in [0.717, 1.165) is 5.92 Å². The molecule has 20 heavy (non-hydrogen) atoms. The predicted molar refractivity (Wildman–Crippen MR) is 88.0 cm³/mol. The summed E-state index contributed by atoms with van der Waals surface area (Å²) in [5.41, 5.74) is 2.98. The third kappa shape index (κ3) is 4.63. The van der Waals surface area contributed by atoms with Gasteiger partial charge in [0.2, 0.25) is 0 Å². The summed E-state index contributed by atoms with van der Waals surface area (Å²) in [6, 6.07) is 9.76. The first kappa shape index (κ1) is 15.6. The van der Waals surface area contributed by atoms with E-state index >= 15 is 0 Å². The van der Waals surface area contributed by atoms with E-state index in [4.69, 9.17) is 0 Å². The van der Waals surface area contributed by atoms with Crippen molar-refractivity contribution in [1.29, 1.82) is 0 Å². The van der Waals surface area contributed by atoms with Gasteiger partial charge in [-0.2, -0.15) is 0 Å². The molecule has 1 aromatic carbocycles. The van der Waals surface area contributed by atoms with Crippen LogP contribution in [0.5, 0.6) is 0 Å². The van der Waals surface area contributed by atoms with Gasteiger partial charge in [0.15, 0.2) is 0 Å². The van der Waals surface area contributed by atoms with Crippen molar-refractivity contribution in [3.63, 3.8) is 0 Å². The second-order valence-electron chi connectivity index (χ2n) is 6.43. The summed E-state index contributed by atoms with van der Waals surface area (Å²) in [4.78, 5) is 0. The average molecular weight is 273 g/mol. The van der Waals surface area contributed by atoms with Crippen molar-refractivity contribution in [3.8, 4) is 0 Å². The SMILES string of the molecule is CCCc1cccc(C(CC2CCCCCC2)NC)c1. The Morgan fingerprint density at radius 2 is 1.90 bits per heavy atom. The fourth-order valence-corrected chi connectivity index (χ4v) is 3.61. The van der Waals surface area contributed by atoms with Crippen molar-refractivity contribution in [2.45, 2.75) is 70.8 Å². The maximum Gasteiger partial charge on any atom is 0.0320 e. The molecule has 1 N–H and O–H groups in total. The topological polar surface area (TPSA) is 12.0 Å². The van der Waals surface area contributed by atoms with Crippen LogP contribution in [0.15, 0.2) is 24.3 Å². The highest BCUT2D eigenvalue weighted by Crippen LogP contribution is 2.31. The van der Waals surface area contributed by atoms with Gasteiger partial charge < -0.3 is 5.32 Å². The molecule has 1 saturated carbocycles. The summed E-state index contributed by atoms with van der Waals surface area (Å²) < 4.78 is 0. The second-order valence-corrected chi connectivity index (χ2v) is 6.43. The molecule has 1 aliphatic rings. The van der Waals surface area contributed by atoms with Crippen LogP contribution in [-0.2, 0) is 6.42 Å². The van der Waals surface area contributed by atoms with Crippen LogP contribution < -0.4 is 5.32 Å². The highest BCUT2D eigenvalue weighted by molar-refractivity contribution is 5.26. The molecule has 1 aromatic rings. The Morgan fingerprint density at radius 3 is 2.55 bits per heavy atom. The summed E-state index contributed by atoms with van der Waals surface area (Å²) >= 11 is 0. The molecule has 0 saturated heterocycles. The molecule has 0 amide bonds. The number of rotatable bonds is 6. The molecule has 1 fully saturated rings. The van der Waals surface area contributed by atoms with Gasteiger partial charge in [-0.15, -0.1) is 0 Å². The molecule has 0 aromatic heterocycles. The Bertz CT molecular complexity index is 377. The minimum atomic E-state index is 0.537. The second kappa shape index (κ2) is 8.46. The predicted octanol–water partition coefficient (Wildman–Crippen LogP) is 5.26. The number of aryl methyl sites for hydroxylation is 1. The Hall–Kier alpha value is -0.820. The van der Waals surface area contributed by atoms with Gasteiger partial charge in [0.25, 0.3) is 0 Å². The molecule has 0 aliphatic heterocycles. The van der Waals surface area contributed by atoms with E-state index in [1.807, 2.05) is 0 Å². The van der Waals surface area contributed by atoms with Crippen LogP contribution in [0.1, 0.15) is 75.5 Å². The van der Waals surface area contributed by atoms with E-state index in [9.17, 15) is 0 Å². The molecule has 1 heteroatoms. The van der Waals surface area contributed by atoms with E-state index in [2.05, 4.69) is 43.6 Å². The van der Waals surface area contributed by atoms with E-state index in [0.29, 0.717) is 6.04 Å². The molecule has 1 unspecified atom stereocenters. The van der Waals surface area contributed by atoms with Gasteiger partial charge in [-0.3, -0.25) is 0 Å². The maximum absolute atomic E-state index is 3.56. The third-order valence-electron chi connectivity index (χ3n) is 4.78. The Balaban J connectivity index is 2.01. The van der Waals surface area contributed by atoms with Crippen LogP contribution in [0.4, 0.5) is 0 Å². The van der Waals surface area contributed by atoms with Crippen LogP contribution in [0.2, 0.25) is 0 Å². The molecule has 112 valence electrons. The lowest BCUT2D eigenvalue weighted by molar-refractivity contribution is 0.368. The molecule has 1 atom stereocenters. The zero-order valence-corrected chi connectivity index (χ0v) is 13.3. The smallest absolute Gasteiger partial charge is 0.0320 e. The normalized spacial score (nSPS) is 18.7. The van der Waals surface area contributed by atoms with Crippen LogP contribution in [-0.4, -0.2) is 7.05 Å². The lowest BCUT2D eigenvalue weighted by atomic mass is 9.89. The van der Waals surface area contributed by atoms with Crippen molar-refractivity contribution < 1.29 is 0 Å². The highest BCUT2D eigenvalue weighted by atomic mass is 14.9. The molecular formula is C19H31N. The molecule has 0 spiro atoms. The Kier molecular flexibility index (Phi) is 6.59. The molecule has 0 bridgehead atoms. The van der Waals surface area contributed by atoms with E-state index in [-0.39, 0.29) is 0 Å². The fourth-order valence-electron chi connectivity index (χ4n) is 3.61. The quantitative estimate of drug-likeness (QED) is 0.697. The summed E-state index contributed by atoms with van der Waals surface area (Å²) in [7, 11) is 2.12. The number of hydrogen-bond donors (Lipinski definition) is 1. The molecule has 1 aliphatic carbocycles. The van der Waals surface area contributed by atoms with Crippen LogP contribution in [0, 0.1) is 5.92 Å². The van der Waals surface area contributed by atoms with Crippen LogP contribution in [0.3, 0.4) is 0 Å². The zero-order valence-electron chi connectivity index (χ0n) is 13.3. The molecule has 0 radical (unpaired) electrons. The van der Waals surface area contributed by atoms with Crippen molar-refractivity contribution in [1.82, 2.24) is 5.32 Å². The summed E-state index contributed by atoms with van der Waals surface area (Å²) in [6.07, 6.45) is 12.4. The van der Waals surface area contributed by atoms with E-state index in [1.54, 1.807) is 0 Å². The molecule has 0 heterocycles. The first-order valence-corrected chi connectivity index (χ1v) is 8.59. The van der Waals surface area contributed by atoms with Crippen molar-refractivity contribution in [2.24, 2.45) is 5.92 Å². The van der Waals surface area contributed by atoms with Gasteiger partial charge in [-0.05, 0) is 36.9 Å². The first-order valence-electron chi connectivity index (χ1n) is 8.59. The van der Waals surface area contributed by atoms with Crippen LogP contribution in [0.25, 0.3) is 0 Å². The van der Waals surface area contributed by atoms with Gasteiger partial charge in [0, 0.05) is 6.04 Å². The van der Waals surface area contributed by atoms with E-state index < -0.39 is 0 Å². The van der Waals surface area contributed by atoms with Crippen molar-refractivity contribution >= 4 is 0 Å². The van der Waals surface area contributed by atoms with Gasteiger partial charge in [-0.25, -0.2) is 0 Å². The van der Waals surface area contributed by atoms with Gasteiger partial charge in [0.1, 0.15) is 0 Å². The molecule has 2 rings (SSSR count). The fraction of sp³-hybridized carbons (Fsp3) is 0.684. The van der Waals surface area contributed by atoms with Crippen LogP contribution >= 0.6 is 0 Å². The number of nitrogens with one attached hydrogen (secondary N) is 1. The summed E-state index contributed by atoms with van der Waals surface area (Å²) in [6.45, 7) is 2.26. The molecule has 1 nitrogen and oxygen atoms in total. The minimum absolute atomic E-state index is 0.537. The van der Waals surface area contributed by atoms with Gasteiger partial charge >= 0.3 is 0 Å². The van der Waals surface area contributed by atoms with Gasteiger partial charge in [-0.1, -0.05) is 76.1 Å². The highest BCUT2D eigenvalue weighted by Gasteiger charge is 2.18. The largest absolute Gasteiger partial charge is 0.313 e. The monoisotopic (exact) mass is 273 g/mol. The lowest BCUT2D eigenvalue weighted by Gasteiger charge is -2.23. The first-order chi connectivity index (χ1) is 9.83.